The van der Waals surface area contributed by atoms with E-state index in [2.05, 4.69) is 0 Å². The van der Waals surface area contributed by atoms with E-state index >= 15 is 0 Å². The van der Waals surface area contributed by atoms with Crippen LogP contribution < -0.4 is 4.74 Å². The van der Waals surface area contributed by atoms with E-state index < -0.39 is 10.0 Å². The third kappa shape index (κ3) is 2.23. The van der Waals surface area contributed by atoms with Crippen LogP contribution in [0.2, 0.25) is 0 Å². The van der Waals surface area contributed by atoms with Crippen LogP contribution in [0.25, 0.3) is 0 Å². The highest BCUT2D eigenvalue weighted by atomic mass is 32.2. The molecule has 1 aromatic carbocycles. The molecule has 1 heterocycles. The molecule has 5 nitrogen and oxygen atoms in total. The standard InChI is InChI=1S/C12H17NO4S/c1-9-7-12(10(2)6-11(9)16-3)18(14,15)13-4-5-17-8-13/h6-7H,4-5,8H2,1-3H3. The van der Waals surface area contributed by atoms with E-state index in [4.69, 9.17) is 9.47 Å². The van der Waals surface area contributed by atoms with E-state index in [0.717, 1.165) is 5.56 Å². The molecular formula is C12H17NO4S. The van der Waals surface area contributed by atoms with E-state index in [-0.39, 0.29) is 6.73 Å². The maximum Gasteiger partial charge on any atom is 0.245 e. The molecule has 0 atom stereocenters. The summed E-state index contributed by atoms with van der Waals surface area (Å²) < 4.78 is 36.5. The minimum atomic E-state index is -3.46. The molecule has 0 saturated carbocycles. The average Bonchev–Trinajstić information content (AvgIpc) is 2.85. The Labute approximate surface area is 107 Å². The summed E-state index contributed by atoms with van der Waals surface area (Å²) in [6.07, 6.45) is 0. The molecule has 0 bridgehead atoms. The first-order chi connectivity index (χ1) is 8.46. The second-order valence-corrected chi connectivity index (χ2v) is 6.21. The minimum absolute atomic E-state index is 0.132. The lowest BCUT2D eigenvalue weighted by molar-refractivity contribution is 0.172. The average molecular weight is 271 g/mol. The molecule has 0 N–H and O–H groups in total. The van der Waals surface area contributed by atoms with Gasteiger partial charge in [0.1, 0.15) is 12.5 Å². The molecule has 0 spiro atoms. The Kier molecular flexibility index (Phi) is 3.61. The zero-order valence-electron chi connectivity index (χ0n) is 10.8. The van der Waals surface area contributed by atoms with Crippen LogP contribution in [-0.4, -0.2) is 39.7 Å². The monoisotopic (exact) mass is 271 g/mol. The maximum absolute atomic E-state index is 12.4. The molecule has 0 amide bonds. The van der Waals surface area contributed by atoms with E-state index in [1.165, 1.54) is 4.31 Å². The van der Waals surface area contributed by atoms with E-state index in [0.29, 0.717) is 29.4 Å². The number of benzene rings is 1. The smallest absolute Gasteiger partial charge is 0.245 e. The van der Waals surface area contributed by atoms with Crippen LogP contribution in [0.15, 0.2) is 17.0 Å². The zero-order valence-corrected chi connectivity index (χ0v) is 11.6. The number of aryl methyl sites for hydroxylation is 2. The second kappa shape index (κ2) is 4.87. The largest absolute Gasteiger partial charge is 0.496 e. The summed E-state index contributed by atoms with van der Waals surface area (Å²) in [4.78, 5) is 0.325. The molecule has 0 radical (unpaired) electrons. The molecule has 1 aromatic rings. The highest BCUT2D eigenvalue weighted by Gasteiger charge is 2.29. The van der Waals surface area contributed by atoms with Crippen LogP contribution in [0.5, 0.6) is 5.75 Å². The van der Waals surface area contributed by atoms with Gasteiger partial charge in [0.15, 0.2) is 0 Å². The molecule has 1 aliphatic heterocycles. The third-order valence-corrected chi connectivity index (χ3v) is 4.99. The van der Waals surface area contributed by atoms with Gasteiger partial charge < -0.3 is 9.47 Å². The third-order valence-electron chi connectivity index (χ3n) is 3.03. The van der Waals surface area contributed by atoms with Crippen molar-refractivity contribution >= 4 is 10.0 Å². The second-order valence-electron chi connectivity index (χ2n) is 4.31. The molecule has 18 heavy (non-hydrogen) atoms. The Morgan fingerprint density at radius 1 is 1.28 bits per heavy atom. The molecule has 0 unspecified atom stereocenters. The van der Waals surface area contributed by atoms with Crippen LogP contribution in [0, 0.1) is 13.8 Å². The normalized spacial score (nSPS) is 17.1. The number of hydrogen-bond donors (Lipinski definition) is 0. The molecule has 1 saturated heterocycles. The predicted molar refractivity (Wildman–Crippen MR) is 67.2 cm³/mol. The number of sulfonamides is 1. The SMILES string of the molecule is COc1cc(C)c(S(=O)(=O)N2CCOC2)cc1C. The summed E-state index contributed by atoms with van der Waals surface area (Å²) in [5, 5.41) is 0. The Morgan fingerprint density at radius 3 is 2.56 bits per heavy atom. The van der Waals surface area contributed by atoms with Gasteiger partial charge in [-0.25, -0.2) is 8.42 Å². The molecular weight excluding hydrogens is 254 g/mol. The topological polar surface area (TPSA) is 55.8 Å². The summed E-state index contributed by atoms with van der Waals surface area (Å²) in [5.74, 6) is 0.698. The van der Waals surface area contributed by atoms with Gasteiger partial charge in [-0.1, -0.05) is 0 Å². The molecule has 1 aliphatic rings. The zero-order chi connectivity index (χ0) is 13.3. The van der Waals surface area contributed by atoms with Gasteiger partial charge in [-0.3, -0.25) is 0 Å². The molecule has 2 rings (SSSR count). The van der Waals surface area contributed by atoms with Crippen LogP contribution in [0.4, 0.5) is 0 Å². The number of methoxy groups -OCH3 is 1. The van der Waals surface area contributed by atoms with Crippen LogP contribution in [0.3, 0.4) is 0 Å². The van der Waals surface area contributed by atoms with Crippen LogP contribution in [0.1, 0.15) is 11.1 Å². The van der Waals surface area contributed by atoms with Gasteiger partial charge in [0, 0.05) is 6.54 Å². The van der Waals surface area contributed by atoms with E-state index in [1.54, 1.807) is 26.2 Å². The van der Waals surface area contributed by atoms with Crippen molar-refractivity contribution in [2.24, 2.45) is 0 Å². The van der Waals surface area contributed by atoms with E-state index in [9.17, 15) is 8.42 Å². The van der Waals surface area contributed by atoms with Gasteiger partial charge in [0.05, 0.1) is 18.6 Å². The summed E-state index contributed by atoms with van der Waals surface area (Å²) in [6, 6.07) is 3.40. The van der Waals surface area contributed by atoms with Gasteiger partial charge in [0.25, 0.3) is 0 Å². The van der Waals surface area contributed by atoms with Gasteiger partial charge in [-0.2, -0.15) is 4.31 Å². The lowest BCUT2D eigenvalue weighted by Gasteiger charge is -2.17. The first kappa shape index (κ1) is 13.3. The van der Waals surface area contributed by atoms with Crippen molar-refractivity contribution < 1.29 is 17.9 Å². The highest BCUT2D eigenvalue weighted by molar-refractivity contribution is 7.89. The van der Waals surface area contributed by atoms with Gasteiger partial charge in [-0.05, 0) is 37.1 Å². The van der Waals surface area contributed by atoms with Crippen molar-refractivity contribution in [3.63, 3.8) is 0 Å². The van der Waals surface area contributed by atoms with Crippen LogP contribution >= 0.6 is 0 Å². The summed E-state index contributed by atoms with van der Waals surface area (Å²) in [5.41, 5.74) is 1.49. The number of nitrogens with zero attached hydrogens (tertiary/aromatic N) is 1. The first-order valence-electron chi connectivity index (χ1n) is 5.70. The fraction of sp³-hybridized carbons (Fsp3) is 0.500. The lowest BCUT2D eigenvalue weighted by Crippen LogP contribution is -2.29. The number of rotatable bonds is 3. The summed E-state index contributed by atoms with van der Waals surface area (Å²) in [6.45, 7) is 4.59. The van der Waals surface area contributed by atoms with Crippen molar-refractivity contribution in [2.75, 3.05) is 27.0 Å². The Hall–Kier alpha value is -1.11. The van der Waals surface area contributed by atoms with Crippen LogP contribution in [-0.2, 0) is 14.8 Å². The highest BCUT2D eigenvalue weighted by Crippen LogP contribution is 2.28. The molecule has 100 valence electrons. The van der Waals surface area contributed by atoms with Crippen molar-refractivity contribution in [2.45, 2.75) is 18.7 Å². The fourth-order valence-corrected chi connectivity index (χ4v) is 3.58. The Balaban J connectivity index is 2.47. The Morgan fingerprint density at radius 2 is 2.00 bits per heavy atom. The molecule has 0 aromatic heterocycles. The van der Waals surface area contributed by atoms with Gasteiger partial charge in [0.2, 0.25) is 10.0 Å². The first-order valence-corrected chi connectivity index (χ1v) is 7.14. The summed E-state index contributed by atoms with van der Waals surface area (Å²) >= 11 is 0. The number of ether oxygens (including phenoxy) is 2. The van der Waals surface area contributed by atoms with Gasteiger partial charge >= 0.3 is 0 Å². The Bertz CT molecular complexity index is 547. The van der Waals surface area contributed by atoms with E-state index in [1.807, 2.05) is 6.92 Å². The maximum atomic E-state index is 12.4. The quantitative estimate of drug-likeness (QED) is 0.831. The van der Waals surface area contributed by atoms with Crippen molar-refractivity contribution in [1.29, 1.82) is 0 Å². The predicted octanol–water partition coefficient (Wildman–Crippen LogP) is 1.29. The van der Waals surface area contributed by atoms with Crippen molar-refractivity contribution in [3.05, 3.63) is 23.3 Å². The minimum Gasteiger partial charge on any atom is -0.496 e. The number of hydrogen-bond acceptors (Lipinski definition) is 4. The molecule has 0 aliphatic carbocycles. The lowest BCUT2D eigenvalue weighted by atomic mass is 10.1. The van der Waals surface area contributed by atoms with Crippen molar-refractivity contribution in [3.8, 4) is 5.75 Å². The van der Waals surface area contributed by atoms with Gasteiger partial charge in [-0.15, -0.1) is 0 Å². The molecule has 1 fully saturated rings. The van der Waals surface area contributed by atoms with Crippen molar-refractivity contribution in [1.82, 2.24) is 4.31 Å². The molecule has 6 heteroatoms. The fourth-order valence-electron chi connectivity index (χ4n) is 1.99. The summed E-state index contributed by atoms with van der Waals surface area (Å²) in [7, 11) is -1.89.